The summed E-state index contributed by atoms with van der Waals surface area (Å²) in [7, 11) is 0. The summed E-state index contributed by atoms with van der Waals surface area (Å²) in [6.07, 6.45) is 0. The van der Waals surface area contributed by atoms with Crippen LogP contribution in [-0.4, -0.2) is 11.0 Å². The molecule has 0 radical (unpaired) electrons. The number of hydrogen-bond acceptors (Lipinski definition) is 4. The molecule has 0 amide bonds. The van der Waals surface area contributed by atoms with Crippen molar-refractivity contribution in [1.82, 2.24) is 0 Å². The molecule has 0 heterocycles. The molecule has 0 aliphatic heterocycles. The molecule has 0 bridgehead atoms. The zero-order valence-electron chi connectivity index (χ0n) is 3.21. The molecular weight excluding hydrogens is 115 g/mol. The molecule has 0 aliphatic carbocycles. The second-order valence-corrected chi connectivity index (χ2v) is 0.589. The summed E-state index contributed by atoms with van der Waals surface area (Å²) >= 11 is -0.216. The van der Waals surface area contributed by atoms with Crippen LogP contribution in [0.3, 0.4) is 0 Å². The average Bonchev–Trinajstić information content (AvgIpc) is 1.41. The van der Waals surface area contributed by atoms with Crippen molar-refractivity contribution in [3.63, 3.8) is 0 Å². The minimum Gasteiger partial charge on any atom is -0.766 e. The van der Waals surface area contributed by atoms with Crippen molar-refractivity contribution in [2.75, 3.05) is 0 Å². The number of rotatable bonds is 2. The summed E-state index contributed by atoms with van der Waals surface area (Å²) in [4.78, 5) is 8.96. The fourth-order valence-corrected chi connectivity index (χ4v) is 0.0481. The van der Waals surface area contributed by atoms with Gasteiger partial charge in [0.15, 0.2) is 0 Å². The quantitative estimate of drug-likeness (QED) is 0.218. The van der Waals surface area contributed by atoms with Gasteiger partial charge in [-0.05, 0) is 12.3 Å². The van der Waals surface area contributed by atoms with E-state index in [9.17, 15) is 0 Å². The molecule has 3 nitrogen and oxygen atoms in total. The standard InChI is InChI=1S/CH2O3S.Na/c2-1-4-5-3;/h1,3H;/q;+1/p-1. The summed E-state index contributed by atoms with van der Waals surface area (Å²) in [6, 6.07) is 0. The fraction of sp³-hybridized carbons (Fsp3) is 0. The van der Waals surface area contributed by atoms with Crippen LogP contribution in [0.15, 0.2) is 0 Å². The van der Waals surface area contributed by atoms with Crippen molar-refractivity contribution in [3.8, 4) is 0 Å². The van der Waals surface area contributed by atoms with Crippen molar-refractivity contribution in [2.24, 2.45) is 0 Å². The molecule has 5 heteroatoms. The normalized spacial score (nSPS) is 5.50. The summed E-state index contributed by atoms with van der Waals surface area (Å²) in [5.74, 6) is 0. The Bertz CT molecular complexity index is 32.0. The second kappa shape index (κ2) is 9.24. The molecular formula is CHNaO3S. The van der Waals surface area contributed by atoms with Gasteiger partial charge >= 0.3 is 36.0 Å². The van der Waals surface area contributed by atoms with Gasteiger partial charge < -0.3 is 8.74 Å². The van der Waals surface area contributed by atoms with E-state index in [1.165, 1.54) is 0 Å². The molecule has 0 saturated carbocycles. The van der Waals surface area contributed by atoms with Gasteiger partial charge in [0.1, 0.15) is 0 Å². The van der Waals surface area contributed by atoms with E-state index in [1.54, 1.807) is 0 Å². The van der Waals surface area contributed by atoms with Crippen molar-refractivity contribution in [2.45, 2.75) is 0 Å². The van der Waals surface area contributed by atoms with Gasteiger partial charge in [0.25, 0.3) is 0 Å². The Labute approximate surface area is 61.8 Å². The zero-order valence-corrected chi connectivity index (χ0v) is 6.03. The van der Waals surface area contributed by atoms with E-state index >= 15 is 0 Å². The van der Waals surface area contributed by atoms with E-state index in [1.807, 2.05) is 0 Å². The van der Waals surface area contributed by atoms with Crippen LogP contribution in [0.1, 0.15) is 0 Å². The van der Waals surface area contributed by atoms with E-state index < -0.39 is 0 Å². The first-order chi connectivity index (χ1) is 2.41. The maximum Gasteiger partial charge on any atom is 1.00 e. The van der Waals surface area contributed by atoms with Crippen LogP contribution < -0.4 is 29.6 Å². The predicted octanol–water partition coefficient (Wildman–Crippen LogP) is -3.06. The van der Waals surface area contributed by atoms with Gasteiger partial charge in [0.2, 0.25) is 0 Å². The van der Waals surface area contributed by atoms with Crippen molar-refractivity contribution in [3.05, 3.63) is 0 Å². The molecule has 0 fully saturated rings. The second-order valence-electron chi connectivity index (χ2n) is 0.260. The SMILES string of the molecule is O=COS[O-].[Na+]. The van der Waals surface area contributed by atoms with Gasteiger partial charge in [-0.3, -0.25) is 4.79 Å². The molecule has 0 atom stereocenters. The largest absolute Gasteiger partial charge is 1.00 e. The molecule has 0 aliphatic rings. The first kappa shape index (κ1) is 9.91. The third-order valence-electron chi connectivity index (χ3n) is 0.0786. The van der Waals surface area contributed by atoms with Crippen LogP contribution in [0.2, 0.25) is 0 Å². The Balaban J connectivity index is 0. The smallest absolute Gasteiger partial charge is 0.766 e. The molecule has 0 aromatic carbocycles. The van der Waals surface area contributed by atoms with Crippen LogP contribution in [0, 0.1) is 0 Å². The van der Waals surface area contributed by atoms with Crippen LogP contribution in [-0.2, 0) is 8.98 Å². The average molecular weight is 116 g/mol. The molecule has 0 spiro atoms. The number of carbonyl (C=O) groups is 1. The molecule has 30 valence electrons. The zero-order chi connectivity index (χ0) is 4.12. The van der Waals surface area contributed by atoms with Gasteiger partial charge in [0.05, 0.1) is 0 Å². The molecule has 0 unspecified atom stereocenters. The summed E-state index contributed by atoms with van der Waals surface area (Å²) in [5.41, 5.74) is 0. The summed E-state index contributed by atoms with van der Waals surface area (Å²) in [5, 5.41) is 0. The van der Waals surface area contributed by atoms with Crippen molar-refractivity contribution in [1.29, 1.82) is 0 Å². The Morgan fingerprint density at radius 3 is 2.33 bits per heavy atom. The van der Waals surface area contributed by atoms with Gasteiger partial charge in [-0.1, -0.05) is 0 Å². The van der Waals surface area contributed by atoms with Gasteiger partial charge in [-0.25, -0.2) is 0 Å². The molecule has 0 aromatic rings. The molecule has 0 aromatic heterocycles. The topological polar surface area (TPSA) is 49.4 Å². The van der Waals surface area contributed by atoms with E-state index in [0.29, 0.717) is 0 Å². The van der Waals surface area contributed by atoms with Crippen molar-refractivity contribution >= 4 is 18.8 Å². The Kier molecular flexibility index (Phi) is 15.3. The summed E-state index contributed by atoms with van der Waals surface area (Å²) < 4.78 is 12.5. The van der Waals surface area contributed by atoms with Crippen LogP contribution in [0.5, 0.6) is 0 Å². The fourth-order valence-electron chi connectivity index (χ4n) is 0.0160. The van der Waals surface area contributed by atoms with E-state index in [-0.39, 0.29) is 48.4 Å². The minimum absolute atomic E-state index is 0. The van der Waals surface area contributed by atoms with Crippen molar-refractivity contribution < 1.29 is 43.1 Å². The Hall–Kier alpha value is 0.780. The third kappa shape index (κ3) is 8.84. The summed E-state index contributed by atoms with van der Waals surface area (Å²) in [6.45, 7) is 0.0810. The van der Waals surface area contributed by atoms with Gasteiger partial charge in [-0.2, -0.15) is 0 Å². The number of carbonyl (C=O) groups excluding carboxylic acids is 1. The predicted molar refractivity (Wildman–Crippen MR) is 15.5 cm³/mol. The van der Waals surface area contributed by atoms with Gasteiger partial charge in [-0.15, -0.1) is 0 Å². The maximum absolute atomic E-state index is 8.99. The van der Waals surface area contributed by atoms with E-state index in [2.05, 4.69) is 4.18 Å². The van der Waals surface area contributed by atoms with Crippen LogP contribution in [0.4, 0.5) is 0 Å². The van der Waals surface area contributed by atoms with Crippen LogP contribution >= 0.6 is 12.3 Å². The van der Waals surface area contributed by atoms with E-state index in [4.69, 9.17) is 9.35 Å². The monoisotopic (exact) mass is 116 g/mol. The Morgan fingerprint density at radius 2 is 2.33 bits per heavy atom. The third-order valence-corrected chi connectivity index (χ3v) is 0.236. The Morgan fingerprint density at radius 1 is 1.83 bits per heavy atom. The molecule has 0 saturated heterocycles. The minimum atomic E-state index is -0.216. The van der Waals surface area contributed by atoms with Gasteiger partial charge in [0, 0.05) is 0 Å². The number of hydrogen-bond donors (Lipinski definition) is 0. The molecule has 6 heavy (non-hydrogen) atoms. The molecule has 0 rings (SSSR count). The first-order valence-corrected chi connectivity index (χ1v) is 1.47. The van der Waals surface area contributed by atoms with Crippen LogP contribution in [0.25, 0.3) is 0 Å². The van der Waals surface area contributed by atoms with E-state index in [0.717, 1.165) is 0 Å². The molecule has 0 N–H and O–H groups in total. The first-order valence-electron chi connectivity index (χ1n) is 0.805. The maximum atomic E-state index is 8.99.